The number of nitrogen functional groups attached to an aromatic ring is 1. The Morgan fingerprint density at radius 3 is 2.61 bits per heavy atom. The van der Waals surface area contributed by atoms with E-state index in [4.69, 9.17) is 10.2 Å². The molecule has 2 rings (SSSR count). The van der Waals surface area contributed by atoms with Gasteiger partial charge in [-0.2, -0.15) is 0 Å². The highest BCUT2D eigenvalue weighted by molar-refractivity contribution is 6.06. The van der Waals surface area contributed by atoms with Gasteiger partial charge in [0.15, 0.2) is 0 Å². The predicted octanol–water partition coefficient (Wildman–Crippen LogP) is 2.87. The zero-order valence-corrected chi connectivity index (χ0v) is 10.1. The van der Waals surface area contributed by atoms with Gasteiger partial charge in [-0.1, -0.05) is 0 Å². The van der Waals surface area contributed by atoms with Crippen LogP contribution in [0.5, 0.6) is 0 Å². The van der Waals surface area contributed by atoms with Gasteiger partial charge in [-0.15, -0.1) is 0 Å². The van der Waals surface area contributed by atoms with Crippen molar-refractivity contribution in [3.63, 3.8) is 0 Å². The third-order valence-corrected chi connectivity index (χ3v) is 2.55. The van der Waals surface area contributed by atoms with Crippen molar-refractivity contribution in [3.05, 3.63) is 47.2 Å². The fourth-order valence-corrected chi connectivity index (χ4v) is 1.69. The minimum absolute atomic E-state index is 0.182. The second kappa shape index (κ2) is 4.52. The van der Waals surface area contributed by atoms with Gasteiger partial charge in [-0.25, -0.2) is 4.39 Å². The maximum Gasteiger partial charge on any atom is 0.259 e. The van der Waals surface area contributed by atoms with E-state index in [2.05, 4.69) is 5.32 Å². The van der Waals surface area contributed by atoms with E-state index in [0.29, 0.717) is 22.8 Å². The molecular formula is C13H13FN2O2. The van der Waals surface area contributed by atoms with E-state index in [1.807, 2.05) is 0 Å². The number of rotatable bonds is 2. The highest BCUT2D eigenvalue weighted by Crippen LogP contribution is 2.21. The molecule has 2 aromatic rings. The Kier molecular flexibility index (Phi) is 3.06. The van der Waals surface area contributed by atoms with Crippen LogP contribution in [-0.2, 0) is 0 Å². The number of nitrogens with one attached hydrogen (secondary N) is 1. The highest BCUT2D eigenvalue weighted by Gasteiger charge is 2.14. The lowest BCUT2D eigenvalue weighted by Crippen LogP contribution is -2.13. The summed E-state index contributed by atoms with van der Waals surface area (Å²) in [6.45, 7) is 3.46. The summed E-state index contributed by atoms with van der Waals surface area (Å²) >= 11 is 0. The van der Waals surface area contributed by atoms with Crippen LogP contribution in [0.4, 0.5) is 15.8 Å². The van der Waals surface area contributed by atoms with Crippen LogP contribution < -0.4 is 11.1 Å². The molecule has 0 radical (unpaired) electrons. The van der Waals surface area contributed by atoms with E-state index in [1.54, 1.807) is 19.9 Å². The second-order valence-corrected chi connectivity index (χ2v) is 4.01. The quantitative estimate of drug-likeness (QED) is 0.803. The van der Waals surface area contributed by atoms with Gasteiger partial charge in [0.05, 0.1) is 16.9 Å². The Morgan fingerprint density at radius 2 is 2.06 bits per heavy atom. The number of amides is 1. The minimum Gasteiger partial charge on any atom is -0.466 e. The first-order chi connectivity index (χ1) is 8.47. The maximum atomic E-state index is 12.9. The fourth-order valence-electron chi connectivity index (χ4n) is 1.69. The molecule has 0 aliphatic rings. The summed E-state index contributed by atoms with van der Waals surface area (Å²) in [4.78, 5) is 12.0. The molecule has 1 aromatic carbocycles. The topological polar surface area (TPSA) is 68.3 Å². The molecule has 0 unspecified atom stereocenters. The molecule has 1 amide bonds. The van der Waals surface area contributed by atoms with Crippen molar-refractivity contribution >= 4 is 17.3 Å². The number of hydrogen-bond donors (Lipinski definition) is 2. The lowest BCUT2D eigenvalue weighted by atomic mass is 10.2. The first-order valence-corrected chi connectivity index (χ1v) is 5.41. The Balaban J connectivity index is 2.24. The summed E-state index contributed by atoms with van der Waals surface area (Å²) in [7, 11) is 0. The number of halogens is 1. The van der Waals surface area contributed by atoms with Gasteiger partial charge >= 0.3 is 0 Å². The van der Waals surface area contributed by atoms with Crippen LogP contribution in [0.1, 0.15) is 21.9 Å². The number of furan rings is 1. The first kappa shape index (κ1) is 12.2. The Hall–Kier alpha value is -2.30. The molecule has 0 aliphatic heterocycles. The average molecular weight is 248 g/mol. The fraction of sp³-hybridized carbons (Fsp3) is 0.154. The number of benzene rings is 1. The molecule has 94 valence electrons. The summed E-state index contributed by atoms with van der Waals surface area (Å²) in [5.74, 6) is 0.416. The van der Waals surface area contributed by atoms with Crippen molar-refractivity contribution in [1.82, 2.24) is 0 Å². The first-order valence-electron chi connectivity index (χ1n) is 5.41. The molecule has 0 saturated carbocycles. The van der Waals surface area contributed by atoms with Gasteiger partial charge in [0, 0.05) is 0 Å². The zero-order valence-electron chi connectivity index (χ0n) is 10.1. The van der Waals surface area contributed by atoms with Crippen LogP contribution in [0.2, 0.25) is 0 Å². The molecule has 0 saturated heterocycles. The van der Waals surface area contributed by atoms with Crippen LogP contribution >= 0.6 is 0 Å². The van der Waals surface area contributed by atoms with Gasteiger partial charge in [-0.05, 0) is 38.1 Å². The van der Waals surface area contributed by atoms with Gasteiger partial charge in [-0.3, -0.25) is 4.79 Å². The minimum atomic E-state index is -0.444. The van der Waals surface area contributed by atoms with E-state index in [0.717, 1.165) is 6.07 Å². The van der Waals surface area contributed by atoms with Crippen LogP contribution in [0.15, 0.2) is 28.7 Å². The standard InChI is InChI=1S/C13H13FN2O2/c1-7-5-10(8(2)18-7)13(17)16-12-4-3-9(14)6-11(12)15/h3-6H,15H2,1-2H3,(H,16,17). The van der Waals surface area contributed by atoms with Crippen molar-refractivity contribution in [1.29, 1.82) is 0 Å². The van der Waals surface area contributed by atoms with Gasteiger partial charge in [0.2, 0.25) is 0 Å². The Morgan fingerprint density at radius 1 is 1.33 bits per heavy atom. The molecule has 4 nitrogen and oxygen atoms in total. The summed E-state index contributed by atoms with van der Waals surface area (Å²) in [5.41, 5.74) is 6.61. The molecule has 5 heteroatoms. The number of carbonyl (C=O) groups excluding carboxylic acids is 1. The average Bonchev–Trinajstić information content (AvgIpc) is 2.62. The number of carbonyl (C=O) groups is 1. The van der Waals surface area contributed by atoms with Gasteiger partial charge in [0.1, 0.15) is 17.3 Å². The predicted molar refractivity (Wildman–Crippen MR) is 66.9 cm³/mol. The number of nitrogens with two attached hydrogens (primary N) is 1. The van der Waals surface area contributed by atoms with E-state index < -0.39 is 5.82 Å². The van der Waals surface area contributed by atoms with Gasteiger partial charge in [0.25, 0.3) is 5.91 Å². The molecular weight excluding hydrogens is 235 g/mol. The van der Waals surface area contributed by atoms with E-state index in [1.165, 1.54) is 12.1 Å². The van der Waals surface area contributed by atoms with Crippen molar-refractivity contribution < 1.29 is 13.6 Å². The molecule has 18 heavy (non-hydrogen) atoms. The summed E-state index contributed by atoms with van der Waals surface area (Å²) in [5, 5.41) is 2.62. The van der Waals surface area contributed by atoms with Crippen LogP contribution in [0.3, 0.4) is 0 Å². The highest BCUT2D eigenvalue weighted by atomic mass is 19.1. The third-order valence-electron chi connectivity index (χ3n) is 2.55. The smallest absolute Gasteiger partial charge is 0.259 e. The third kappa shape index (κ3) is 2.34. The molecule has 0 bridgehead atoms. The SMILES string of the molecule is Cc1cc(C(=O)Nc2ccc(F)cc2N)c(C)o1. The molecule has 0 spiro atoms. The lowest BCUT2D eigenvalue weighted by molar-refractivity contribution is 0.102. The summed E-state index contributed by atoms with van der Waals surface area (Å²) in [6.07, 6.45) is 0. The van der Waals surface area contributed by atoms with Crippen molar-refractivity contribution in [2.45, 2.75) is 13.8 Å². The van der Waals surface area contributed by atoms with Gasteiger partial charge < -0.3 is 15.5 Å². The molecule has 0 atom stereocenters. The van der Waals surface area contributed by atoms with Crippen molar-refractivity contribution in [3.8, 4) is 0 Å². The maximum absolute atomic E-state index is 12.9. The second-order valence-electron chi connectivity index (χ2n) is 4.01. The Labute approximate surface area is 104 Å². The Bertz CT molecular complexity index is 605. The van der Waals surface area contributed by atoms with E-state index >= 15 is 0 Å². The number of aryl methyl sites for hydroxylation is 2. The van der Waals surface area contributed by atoms with Crippen molar-refractivity contribution in [2.24, 2.45) is 0 Å². The summed E-state index contributed by atoms with van der Waals surface area (Å²) in [6, 6.07) is 5.46. The van der Waals surface area contributed by atoms with E-state index in [9.17, 15) is 9.18 Å². The van der Waals surface area contributed by atoms with Crippen LogP contribution in [0, 0.1) is 19.7 Å². The molecule has 3 N–H and O–H groups in total. The molecule has 0 fully saturated rings. The number of anilines is 2. The molecule has 1 aromatic heterocycles. The monoisotopic (exact) mass is 248 g/mol. The van der Waals surface area contributed by atoms with E-state index in [-0.39, 0.29) is 11.6 Å². The van der Waals surface area contributed by atoms with Crippen molar-refractivity contribution in [2.75, 3.05) is 11.1 Å². The summed E-state index contributed by atoms with van der Waals surface area (Å²) < 4.78 is 18.1. The van der Waals surface area contributed by atoms with Crippen LogP contribution in [-0.4, -0.2) is 5.91 Å². The molecule has 0 aliphatic carbocycles. The normalized spacial score (nSPS) is 10.4. The lowest BCUT2D eigenvalue weighted by Gasteiger charge is -2.07. The van der Waals surface area contributed by atoms with Crippen LogP contribution in [0.25, 0.3) is 0 Å². The zero-order chi connectivity index (χ0) is 13.3. The molecule has 1 heterocycles. The largest absolute Gasteiger partial charge is 0.466 e. The number of hydrogen-bond acceptors (Lipinski definition) is 3.